The number of carbonyl (C=O) groups excluding carboxylic acids is 1. The number of thioether (sulfide) groups is 1. The Morgan fingerprint density at radius 1 is 1.15 bits per heavy atom. The van der Waals surface area contributed by atoms with Crippen molar-refractivity contribution in [2.75, 3.05) is 5.75 Å². The van der Waals surface area contributed by atoms with Crippen LogP contribution in [-0.2, 0) is 4.79 Å². The predicted octanol–water partition coefficient (Wildman–Crippen LogP) is 4.32. The Hall–Kier alpha value is -2.60. The van der Waals surface area contributed by atoms with Crippen LogP contribution in [0.2, 0.25) is 0 Å². The van der Waals surface area contributed by atoms with Gasteiger partial charge < -0.3 is 5.32 Å². The van der Waals surface area contributed by atoms with Gasteiger partial charge in [-0.1, -0.05) is 66.4 Å². The van der Waals surface area contributed by atoms with Crippen molar-refractivity contribution in [1.29, 1.82) is 0 Å². The molecule has 3 aromatic rings. The number of H-pyrrole nitrogens is 1. The van der Waals surface area contributed by atoms with E-state index in [1.165, 1.54) is 35.7 Å². The third-order valence-electron chi connectivity index (χ3n) is 4.67. The van der Waals surface area contributed by atoms with Gasteiger partial charge in [-0.25, -0.2) is 4.98 Å². The molecule has 1 saturated carbocycles. The summed E-state index contributed by atoms with van der Waals surface area (Å²) < 4.78 is 0. The second-order valence-corrected chi connectivity index (χ2v) is 7.79. The first-order valence-corrected chi connectivity index (χ1v) is 10.2. The molecule has 5 nitrogen and oxygen atoms in total. The number of nitrogens with zero attached hydrogens (tertiary/aromatic N) is 2. The molecule has 1 atom stereocenters. The molecular formula is C21H22N4OS. The Balaban J connectivity index is 1.29. The maximum Gasteiger partial charge on any atom is 0.230 e. The minimum absolute atomic E-state index is 0.0163. The number of rotatable bonds is 7. The molecule has 4 rings (SSSR count). The predicted molar refractivity (Wildman–Crippen MR) is 108 cm³/mol. The Bertz CT molecular complexity index is 903. The minimum atomic E-state index is -0.0444. The number of aromatic nitrogens is 3. The average molecular weight is 379 g/mol. The van der Waals surface area contributed by atoms with Gasteiger partial charge in [0.1, 0.15) is 5.82 Å². The molecule has 27 heavy (non-hydrogen) atoms. The van der Waals surface area contributed by atoms with Gasteiger partial charge in [-0.05, 0) is 36.5 Å². The quantitative estimate of drug-likeness (QED) is 0.601. The topological polar surface area (TPSA) is 70.7 Å². The van der Waals surface area contributed by atoms with Crippen molar-refractivity contribution in [3.05, 3.63) is 66.0 Å². The molecule has 0 saturated heterocycles. The van der Waals surface area contributed by atoms with Crippen LogP contribution in [0.5, 0.6) is 0 Å². The molecule has 1 aromatic heterocycles. The third kappa shape index (κ3) is 4.57. The fraction of sp³-hybridized carbons (Fsp3) is 0.286. The fourth-order valence-electron chi connectivity index (χ4n) is 2.95. The minimum Gasteiger partial charge on any atom is -0.349 e. The molecular weight excluding hydrogens is 356 g/mol. The van der Waals surface area contributed by atoms with Crippen molar-refractivity contribution in [2.45, 2.75) is 36.9 Å². The van der Waals surface area contributed by atoms with E-state index in [9.17, 15) is 4.79 Å². The molecule has 0 spiro atoms. The average Bonchev–Trinajstić information content (AvgIpc) is 3.45. The van der Waals surface area contributed by atoms with Gasteiger partial charge in [0.15, 0.2) is 0 Å². The Morgan fingerprint density at radius 3 is 2.56 bits per heavy atom. The summed E-state index contributed by atoms with van der Waals surface area (Å²) in [6.45, 7) is 2.00. The summed E-state index contributed by atoms with van der Waals surface area (Å²) in [5.74, 6) is 1.79. The van der Waals surface area contributed by atoms with Gasteiger partial charge in [-0.15, -0.1) is 5.10 Å². The monoisotopic (exact) mass is 378 g/mol. The molecule has 1 aliphatic rings. The van der Waals surface area contributed by atoms with Crippen LogP contribution in [0, 0.1) is 0 Å². The van der Waals surface area contributed by atoms with Gasteiger partial charge in [-0.2, -0.15) is 0 Å². The summed E-state index contributed by atoms with van der Waals surface area (Å²) in [6.07, 6.45) is 2.36. The molecule has 2 N–H and O–H groups in total. The fourth-order valence-corrected chi connectivity index (χ4v) is 3.57. The van der Waals surface area contributed by atoms with Crippen molar-refractivity contribution in [1.82, 2.24) is 20.5 Å². The second-order valence-electron chi connectivity index (χ2n) is 6.84. The standard InChI is InChI=1S/C21H22N4OS/c1-14(15-7-9-17(10-8-15)16-5-3-2-4-6-16)22-19(26)13-27-21-23-20(24-25-21)18-11-12-18/h2-10,14,18H,11-13H2,1H3,(H,22,26)(H,23,24,25). The van der Waals surface area contributed by atoms with Gasteiger partial charge in [-0.3, -0.25) is 9.89 Å². The van der Waals surface area contributed by atoms with E-state index in [0.29, 0.717) is 16.8 Å². The second kappa shape index (κ2) is 7.96. The van der Waals surface area contributed by atoms with Crippen molar-refractivity contribution >= 4 is 17.7 Å². The number of benzene rings is 2. The molecule has 1 unspecified atom stereocenters. The highest BCUT2D eigenvalue weighted by atomic mass is 32.2. The summed E-state index contributed by atoms with van der Waals surface area (Å²) in [5, 5.41) is 10.8. The van der Waals surface area contributed by atoms with Gasteiger partial charge >= 0.3 is 0 Å². The van der Waals surface area contributed by atoms with Crippen LogP contribution in [0.25, 0.3) is 11.1 Å². The molecule has 6 heteroatoms. The van der Waals surface area contributed by atoms with Crippen LogP contribution in [0.4, 0.5) is 0 Å². The number of hydrogen-bond donors (Lipinski definition) is 2. The highest BCUT2D eigenvalue weighted by molar-refractivity contribution is 7.99. The first kappa shape index (κ1) is 17.8. The van der Waals surface area contributed by atoms with E-state index in [4.69, 9.17) is 0 Å². The van der Waals surface area contributed by atoms with Crippen LogP contribution in [0.3, 0.4) is 0 Å². The Kier molecular flexibility index (Phi) is 5.25. The number of carbonyl (C=O) groups is 1. The summed E-state index contributed by atoms with van der Waals surface area (Å²) in [6, 6.07) is 18.5. The molecule has 1 heterocycles. The lowest BCUT2D eigenvalue weighted by Gasteiger charge is -2.14. The van der Waals surface area contributed by atoms with Gasteiger partial charge in [0.25, 0.3) is 0 Å². The zero-order chi connectivity index (χ0) is 18.6. The molecule has 2 aromatic carbocycles. The molecule has 1 amide bonds. The zero-order valence-electron chi connectivity index (χ0n) is 15.2. The van der Waals surface area contributed by atoms with Crippen molar-refractivity contribution < 1.29 is 4.79 Å². The normalized spacial score (nSPS) is 14.7. The van der Waals surface area contributed by atoms with Gasteiger partial charge in [0, 0.05) is 5.92 Å². The lowest BCUT2D eigenvalue weighted by atomic mass is 10.0. The van der Waals surface area contributed by atoms with Crippen molar-refractivity contribution in [3.8, 4) is 11.1 Å². The summed E-state index contributed by atoms with van der Waals surface area (Å²) >= 11 is 1.37. The zero-order valence-corrected chi connectivity index (χ0v) is 16.0. The van der Waals surface area contributed by atoms with E-state index in [2.05, 4.69) is 56.9 Å². The molecule has 1 fully saturated rings. The van der Waals surface area contributed by atoms with E-state index >= 15 is 0 Å². The number of amides is 1. The smallest absolute Gasteiger partial charge is 0.230 e. The summed E-state index contributed by atoms with van der Waals surface area (Å²) in [4.78, 5) is 16.7. The van der Waals surface area contributed by atoms with E-state index in [-0.39, 0.29) is 11.9 Å². The van der Waals surface area contributed by atoms with E-state index in [1.807, 2.05) is 25.1 Å². The maximum atomic E-state index is 12.2. The third-order valence-corrected chi connectivity index (χ3v) is 5.52. The van der Waals surface area contributed by atoms with E-state index < -0.39 is 0 Å². The lowest BCUT2D eigenvalue weighted by Crippen LogP contribution is -2.28. The SMILES string of the molecule is CC(NC(=O)CSc1n[nH]c(C2CC2)n1)c1ccc(-c2ccccc2)cc1. The largest absolute Gasteiger partial charge is 0.349 e. The Labute approximate surface area is 163 Å². The van der Waals surface area contributed by atoms with Gasteiger partial charge in [0.05, 0.1) is 11.8 Å². The van der Waals surface area contributed by atoms with Crippen molar-refractivity contribution in [2.24, 2.45) is 0 Å². The maximum absolute atomic E-state index is 12.2. The molecule has 0 aliphatic heterocycles. The first-order chi connectivity index (χ1) is 13.2. The number of aromatic amines is 1. The summed E-state index contributed by atoms with van der Waals surface area (Å²) in [7, 11) is 0. The Morgan fingerprint density at radius 2 is 1.85 bits per heavy atom. The highest BCUT2D eigenvalue weighted by Gasteiger charge is 2.27. The number of hydrogen-bond acceptors (Lipinski definition) is 4. The van der Waals surface area contributed by atoms with E-state index in [1.54, 1.807) is 0 Å². The van der Waals surface area contributed by atoms with Crippen LogP contribution < -0.4 is 5.32 Å². The van der Waals surface area contributed by atoms with Crippen LogP contribution >= 0.6 is 11.8 Å². The van der Waals surface area contributed by atoms with Gasteiger partial charge in [0.2, 0.25) is 11.1 Å². The molecule has 0 bridgehead atoms. The molecule has 138 valence electrons. The van der Waals surface area contributed by atoms with E-state index in [0.717, 1.165) is 11.4 Å². The highest BCUT2D eigenvalue weighted by Crippen LogP contribution is 2.38. The molecule has 1 aliphatic carbocycles. The van der Waals surface area contributed by atoms with Crippen LogP contribution in [0.1, 0.15) is 43.1 Å². The molecule has 0 radical (unpaired) electrons. The van der Waals surface area contributed by atoms with Crippen LogP contribution in [0.15, 0.2) is 59.8 Å². The van der Waals surface area contributed by atoms with Crippen LogP contribution in [-0.4, -0.2) is 26.8 Å². The number of nitrogens with one attached hydrogen (secondary N) is 2. The lowest BCUT2D eigenvalue weighted by molar-refractivity contribution is -0.119. The summed E-state index contributed by atoms with van der Waals surface area (Å²) in [5.41, 5.74) is 3.45. The first-order valence-electron chi connectivity index (χ1n) is 9.19. The van der Waals surface area contributed by atoms with Crippen molar-refractivity contribution in [3.63, 3.8) is 0 Å².